The number of nitrogens with zero attached hydrogens (tertiary/aromatic N) is 4. The van der Waals surface area contributed by atoms with Crippen LogP contribution in [0.5, 0.6) is 0 Å². The normalized spacial score (nSPS) is 13.4. The molecule has 3 aromatic rings. The number of hydrogen-bond donors (Lipinski definition) is 2. The standard InChI is InChI=1S/C18H17FN6O/c19-14-9-12(1-5-16(14)25-8-7-20-11-25)10-21-17-6-4-15(23-24-17)18(26)22-13-2-3-13/h1,4-9,11,13H,2-3,10H2,(H,21,24)(H,22,26). The second-order valence-electron chi connectivity index (χ2n) is 6.16. The lowest BCUT2D eigenvalue weighted by Crippen LogP contribution is -2.26. The van der Waals surface area contributed by atoms with Crippen molar-refractivity contribution in [2.75, 3.05) is 5.32 Å². The van der Waals surface area contributed by atoms with Crippen molar-refractivity contribution in [2.24, 2.45) is 0 Å². The van der Waals surface area contributed by atoms with Crippen molar-refractivity contribution in [3.63, 3.8) is 0 Å². The van der Waals surface area contributed by atoms with Crippen LogP contribution in [0.15, 0.2) is 49.1 Å². The van der Waals surface area contributed by atoms with Gasteiger partial charge >= 0.3 is 0 Å². The molecule has 1 fully saturated rings. The Morgan fingerprint density at radius 3 is 2.77 bits per heavy atom. The number of imidazole rings is 1. The highest BCUT2D eigenvalue weighted by Crippen LogP contribution is 2.19. The first kappa shape index (κ1) is 16.2. The van der Waals surface area contributed by atoms with E-state index in [0.29, 0.717) is 18.1 Å². The molecule has 0 bridgehead atoms. The minimum Gasteiger partial charge on any atom is -0.365 e. The molecule has 0 spiro atoms. The molecule has 4 rings (SSSR count). The number of anilines is 1. The van der Waals surface area contributed by atoms with E-state index in [1.807, 2.05) is 6.07 Å². The van der Waals surface area contributed by atoms with Gasteiger partial charge < -0.3 is 15.2 Å². The molecule has 1 aliphatic carbocycles. The van der Waals surface area contributed by atoms with Crippen LogP contribution in [0.2, 0.25) is 0 Å². The van der Waals surface area contributed by atoms with E-state index in [2.05, 4.69) is 25.8 Å². The Kier molecular flexibility index (Phi) is 4.30. The van der Waals surface area contributed by atoms with Crippen LogP contribution in [0.4, 0.5) is 10.2 Å². The molecule has 8 heteroatoms. The lowest BCUT2D eigenvalue weighted by Gasteiger charge is -2.09. The first-order chi connectivity index (χ1) is 12.7. The molecule has 1 aromatic carbocycles. The summed E-state index contributed by atoms with van der Waals surface area (Å²) in [6.07, 6.45) is 6.88. The largest absolute Gasteiger partial charge is 0.365 e. The summed E-state index contributed by atoms with van der Waals surface area (Å²) in [6, 6.07) is 8.58. The van der Waals surface area contributed by atoms with Gasteiger partial charge in [-0.15, -0.1) is 10.2 Å². The van der Waals surface area contributed by atoms with Crippen molar-refractivity contribution in [1.82, 2.24) is 25.1 Å². The number of carbonyl (C=O) groups is 1. The maximum atomic E-state index is 14.2. The highest BCUT2D eigenvalue weighted by molar-refractivity contribution is 5.92. The fourth-order valence-electron chi connectivity index (χ4n) is 2.50. The van der Waals surface area contributed by atoms with Gasteiger partial charge in [0.25, 0.3) is 5.91 Å². The zero-order valence-electron chi connectivity index (χ0n) is 13.9. The van der Waals surface area contributed by atoms with Gasteiger partial charge in [0.15, 0.2) is 5.69 Å². The van der Waals surface area contributed by atoms with Gasteiger partial charge in [0.1, 0.15) is 11.6 Å². The van der Waals surface area contributed by atoms with Gasteiger partial charge in [-0.1, -0.05) is 6.07 Å². The van der Waals surface area contributed by atoms with Crippen LogP contribution in [-0.2, 0) is 6.54 Å². The van der Waals surface area contributed by atoms with Gasteiger partial charge in [-0.2, -0.15) is 0 Å². The van der Waals surface area contributed by atoms with Crippen LogP contribution >= 0.6 is 0 Å². The average Bonchev–Trinajstić information content (AvgIpc) is 3.30. The SMILES string of the molecule is O=C(NC1CC1)c1ccc(NCc2ccc(-n3ccnc3)c(F)c2)nn1. The van der Waals surface area contributed by atoms with E-state index in [9.17, 15) is 9.18 Å². The van der Waals surface area contributed by atoms with Crippen molar-refractivity contribution < 1.29 is 9.18 Å². The smallest absolute Gasteiger partial charge is 0.272 e. The summed E-state index contributed by atoms with van der Waals surface area (Å²) < 4.78 is 15.9. The molecule has 2 heterocycles. The number of aromatic nitrogens is 4. The molecular weight excluding hydrogens is 335 g/mol. The van der Waals surface area contributed by atoms with Gasteiger partial charge in [0.05, 0.1) is 12.0 Å². The van der Waals surface area contributed by atoms with Crippen LogP contribution in [0, 0.1) is 5.82 Å². The van der Waals surface area contributed by atoms with Gasteiger partial charge in [-0.3, -0.25) is 4.79 Å². The van der Waals surface area contributed by atoms with Gasteiger partial charge in [0.2, 0.25) is 0 Å². The van der Waals surface area contributed by atoms with Crippen LogP contribution in [0.3, 0.4) is 0 Å². The molecule has 1 saturated carbocycles. The van der Waals surface area contributed by atoms with Crippen LogP contribution in [0.25, 0.3) is 5.69 Å². The van der Waals surface area contributed by atoms with E-state index >= 15 is 0 Å². The number of carbonyl (C=O) groups excluding carboxylic acids is 1. The van der Waals surface area contributed by atoms with E-state index in [-0.39, 0.29) is 23.5 Å². The summed E-state index contributed by atoms with van der Waals surface area (Å²) in [4.78, 5) is 15.8. The number of hydrogen-bond acceptors (Lipinski definition) is 5. The molecule has 0 atom stereocenters. The predicted molar refractivity (Wildman–Crippen MR) is 93.4 cm³/mol. The lowest BCUT2D eigenvalue weighted by molar-refractivity contribution is 0.0945. The third-order valence-corrected chi connectivity index (χ3v) is 4.08. The fourth-order valence-corrected chi connectivity index (χ4v) is 2.50. The number of rotatable bonds is 6. The van der Waals surface area contributed by atoms with Gasteiger partial charge in [0, 0.05) is 25.0 Å². The summed E-state index contributed by atoms with van der Waals surface area (Å²) in [5.41, 5.74) is 1.50. The molecule has 0 unspecified atom stereocenters. The highest BCUT2D eigenvalue weighted by atomic mass is 19.1. The highest BCUT2D eigenvalue weighted by Gasteiger charge is 2.24. The molecular formula is C18H17FN6O. The van der Waals surface area contributed by atoms with Gasteiger partial charge in [-0.05, 0) is 42.7 Å². The Balaban J connectivity index is 1.37. The van der Waals surface area contributed by atoms with Gasteiger partial charge in [-0.25, -0.2) is 9.37 Å². The number of halogens is 1. The number of amides is 1. The van der Waals surface area contributed by atoms with Crippen molar-refractivity contribution in [1.29, 1.82) is 0 Å². The third-order valence-electron chi connectivity index (χ3n) is 4.08. The summed E-state index contributed by atoms with van der Waals surface area (Å²) in [5.74, 6) is -0.0174. The van der Waals surface area contributed by atoms with E-state index in [1.165, 1.54) is 6.07 Å². The second kappa shape index (κ2) is 6.91. The quantitative estimate of drug-likeness (QED) is 0.711. The second-order valence-corrected chi connectivity index (χ2v) is 6.16. The molecule has 2 N–H and O–H groups in total. The lowest BCUT2D eigenvalue weighted by atomic mass is 10.2. The Hall–Kier alpha value is -3.29. The molecule has 0 saturated heterocycles. The summed E-state index contributed by atoms with van der Waals surface area (Å²) in [6.45, 7) is 0.392. The maximum absolute atomic E-state index is 14.2. The van der Waals surface area contributed by atoms with E-state index in [1.54, 1.807) is 41.5 Å². The van der Waals surface area contributed by atoms with Crippen molar-refractivity contribution in [3.05, 3.63) is 66.1 Å². The van der Waals surface area contributed by atoms with E-state index in [4.69, 9.17) is 0 Å². The van der Waals surface area contributed by atoms with E-state index < -0.39 is 0 Å². The van der Waals surface area contributed by atoms with Crippen LogP contribution in [0.1, 0.15) is 28.9 Å². The summed E-state index contributed by atoms with van der Waals surface area (Å²) in [7, 11) is 0. The zero-order chi connectivity index (χ0) is 17.9. The summed E-state index contributed by atoms with van der Waals surface area (Å²) >= 11 is 0. The molecule has 0 radical (unpaired) electrons. The third kappa shape index (κ3) is 3.69. The molecule has 132 valence electrons. The Labute approximate surface area is 149 Å². The minimum atomic E-state index is -0.333. The first-order valence-corrected chi connectivity index (χ1v) is 8.34. The van der Waals surface area contributed by atoms with Crippen LogP contribution in [-0.4, -0.2) is 31.7 Å². The van der Waals surface area contributed by atoms with Crippen molar-refractivity contribution in [2.45, 2.75) is 25.4 Å². The average molecular weight is 352 g/mol. The number of benzene rings is 1. The Morgan fingerprint density at radius 2 is 2.12 bits per heavy atom. The van der Waals surface area contributed by atoms with E-state index in [0.717, 1.165) is 18.4 Å². The predicted octanol–water partition coefficient (Wildman–Crippen LogP) is 2.31. The first-order valence-electron chi connectivity index (χ1n) is 8.34. The number of nitrogens with one attached hydrogen (secondary N) is 2. The fraction of sp³-hybridized carbons (Fsp3) is 0.222. The molecule has 1 amide bonds. The topological polar surface area (TPSA) is 84.7 Å². The molecule has 26 heavy (non-hydrogen) atoms. The Morgan fingerprint density at radius 1 is 1.23 bits per heavy atom. The Bertz CT molecular complexity index is 906. The molecule has 2 aromatic heterocycles. The zero-order valence-corrected chi connectivity index (χ0v) is 13.9. The minimum absolute atomic E-state index is 0.205. The molecule has 1 aliphatic rings. The van der Waals surface area contributed by atoms with Crippen molar-refractivity contribution in [3.8, 4) is 5.69 Å². The summed E-state index contributed by atoms with van der Waals surface area (Å²) in [5, 5.41) is 13.9. The van der Waals surface area contributed by atoms with Crippen molar-refractivity contribution >= 4 is 11.7 Å². The maximum Gasteiger partial charge on any atom is 0.272 e. The molecule has 7 nitrogen and oxygen atoms in total. The van der Waals surface area contributed by atoms with Crippen LogP contribution < -0.4 is 10.6 Å². The monoisotopic (exact) mass is 352 g/mol. The molecule has 0 aliphatic heterocycles.